The van der Waals surface area contributed by atoms with Crippen molar-refractivity contribution in [3.05, 3.63) is 35.9 Å². The molecule has 20 heavy (non-hydrogen) atoms. The largest absolute Gasteiger partial charge is 0.375 e. The number of morpholine rings is 1. The van der Waals surface area contributed by atoms with Gasteiger partial charge in [-0.1, -0.05) is 18.2 Å². The molecule has 1 aliphatic heterocycles. The fourth-order valence-electron chi connectivity index (χ4n) is 2.38. The molecule has 0 bridgehead atoms. The molecular formula is C14H19N3O2S. The number of nitrogens with two attached hydrogens (primary N) is 1. The standard InChI is InChI=1S/C14H19N3O2S/c1-10-8-16(9-11(2)19-10)17(14(15)20)13(18)12-6-4-3-5-7-12/h3-7,10-11H,8-9H2,1-2H3,(H2,15,20). The van der Waals surface area contributed by atoms with Crippen LogP contribution in [0.3, 0.4) is 0 Å². The van der Waals surface area contributed by atoms with Crippen LogP contribution in [-0.2, 0) is 4.74 Å². The van der Waals surface area contributed by atoms with E-state index >= 15 is 0 Å². The first-order chi connectivity index (χ1) is 9.49. The van der Waals surface area contributed by atoms with Crippen molar-refractivity contribution in [1.29, 1.82) is 0 Å². The quantitative estimate of drug-likeness (QED) is 0.835. The molecule has 1 aromatic carbocycles. The van der Waals surface area contributed by atoms with Gasteiger partial charge in [0.25, 0.3) is 5.91 Å². The van der Waals surface area contributed by atoms with Crippen LogP contribution in [0.1, 0.15) is 24.2 Å². The summed E-state index contributed by atoms with van der Waals surface area (Å²) >= 11 is 5.05. The second-order valence-electron chi connectivity index (χ2n) is 4.95. The predicted octanol–water partition coefficient (Wildman–Crippen LogP) is 1.40. The lowest BCUT2D eigenvalue weighted by Gasteiger charge is -2.40. The van der Waals surface area contributed by atoms with Crippen LogP contribution in [0.5, 0.6) is 0 Å². The molecule has 1 aromatic rings. The SMILES string of the molecule is CC1CN(N(C(=O)c2ccccc2)C(N)=S)CC(C)O1. The minimum atomic E-state index is -0.209. The number of hydrogen-bond acceptors (Lipinski definition) is 4. The number of hydrogen-bond donors (Lipinski definition) is 1. The van der Waals surface area contributed by atoms with E-state index in [9.17, 15) is 4.79 Å². The summed E-state index contributed by atoms with van der Waals surface area (Å²) in [5.41, 5.74) is 6.31. The van der Waals surface area contributed by atoms with Gasteiger partial charge in [0.1, 0.15) is 0 Å². The fraction of sp³-hybridized carbons (Fsp3) is 0.429. The first-order valence-electron chi connectivity index (χ1n) is 6.58. The maximum Gasteiger partial charge on any atom is 0.274 e. The molecule has 2 unspecified atom stereocenters. The molecule has 1 fully saturated rings. The van der Waals surface area contributed by atoms with Crippen LogP contribution >= 0.6 is 12.2 Å². The lowest BCUT2D eigenvalue weighted by Crippen LogP contribution is -2.59. The van der Waals surface area contributed by atoms with Crippen LogP contribution < -0.4 is 5.73 Å². The number of benzene rings is 1. The second kappa shape index (κ2) is 6.30. The zero-order valence-electron chi connectivity index (χ0n) is 11.7. The summed E-state index contributed by atoms with van der Waals surface area (Å²) in [6.07, 6.45) is 0.0540. The summed E-state index contributed by atoms with van der Waals surface area (Å²) in [5.74, 6) is -0.209. The zero-order valence-corrected chi connectivity index (χ0v) is 12.5. The molecule has 0 spiro atoms. The van der Waals surface area contributed by atoms with Gasteiger partial charge in [-0.2, -0.15) is 0 Å². The van der Waals surface area contributed by atoms with Crippen molar-refractivity contribution in [2.45, 2.75) is 26.1 Å². The van der Waals surface area contributed by atoms with Gasteiger partial charge in [0.15, 0.2) is 5.11 Å². The Bertz CT molecular complexity index is 484. The van der Waals surface area contributed by atoms with Gasteiger partial charge in [0.2, 0.25) is 0 Å². The van der Waals surface area contributed by atoms with Gasteiger partial charge in [-0.05, 0) is 38.2 Å². The van der Waals surface area contributed by atoms with Crippen LogP contribution in [0.15, 0.2) is 30.3 Å². The Kier molecular flexibility index (Phi) is 4.69. The minimum Gasteiger partial charge on any atom is -0.375 e. The maximum absolute atomic E-state index is 12.6. The Morgan fingerprint density at radius 3 is 2.35 bits per heavy atom. The first kappa shape index (κ1) is 14.9. The highest BCUT2D eigenvalue weighted by Crippen LogP contribution is 2.15. The van der Waals surface area contributed by atoms with Crippen LogP contribution in [0.2, 0.25) is 0 Å². The monoisotopic (exact) mass is 293 g/mol. The highest BCUT2D eigenvalue weighted by Gasteiger charge is 2.31. The van der Waals surface area contributed by atoms with Gasteiger partial charge >= 0.3 is 0 Å². The summed E-state index contributed by atoms with van der Waals surface area (Å²) in [7, 11) is 0. The maximum atomic E-state index is 12.6. The lowest BCUT2D eigenvalue weighted by molar-refractivity contribution is -0.110. The van der Waals surface area contributed by atoms with Crippen LogP contribution in [-0.4, -0.2) is 46.3 Å². The number of carbonyl (C=O) groups excluding carboxylic acids is 1. The van der Waals surface area contributed by atoms with E-state index in [1.54, 1.807) is 12.1 Å². The number of hydrazine groups is 1. The average Bonchev–Trinajstić information content (AvgIpc) is 2.38. The number of thiocarbonyl (C=S) groups is 1. The third kappa shape index (κ3) is 3.33. The molecule has 1 aliphatic rings. The molecule has 6 heteroatoms. The topological polar surface area (TPSA) is 58.8 Å². The van der Waals surface area contributed by atoms with E-state index in [1.165, 1.54) is 5.01 Å². The van der Waals surface area contributed by atoms with Crippen molar-refractivity contribution in [2.75, 3.05) is 13.1 Å². The van der Waals surface area contributed by atoms with E-state index in [2.05, 4.69) is 0 Å². The van der Waals surface area contributed by atoms with Crippen LogP contribution in [0.4, 0.5) is 0 Å². The van der Waals surface area contributed by atoms with E-state index < -0.39 is 0 Å². The highest BCUT2D eigenvalue weighted by atomic mass is 32.1. The van der Waals surface area contributed by atoms with Gasteiger partial charge < -0.3 is 10.5 Å². The average molecular weight is 293 g/mol. The molecule has 1 saturated heterocycles. The predicted molar refractivity (Wildman–Crippen MR) is 81.0 cm³/mol. The van der Waals surface area contributed by atoms with Crippen LogP contribution in [0, 0.1) is 0 Å². The molecule has 2 rings (SSSR count). The Hall–Kier alpha value is -1.50. The Morgan fingerprint density at radius 2 is 1.85 bits per heavy atom. The van der Waals surface area contributed by atoms with Gasteiger partial charge in [-0.3, -0.25) is 4.79 Å². The lowest BCUT2D eigenvalue weighted by atomic mass is 10.2. The third-order valence-corrected chi connectivity index (χ3v) is 3.28. The van der Waals surface area contributed by atoms with Crippen LogP contribution in [0.25, 0.3) is 0 Å². The molecule has 1 amide bonds. The van der Waals surface area contributed by atoms with Gasteiger partial charge in [0.05, 0.1) is 12.2 Å². The summed E-state index contributed by atoms with van der Waals surface area (Å²) in [5, 5.41) is 3.29. The number of ether oxygens (including phenoxy) is 1. The van der Waals surface area contributed by atoms with E-state index in [0.29, 0.717) is 18.7 Å². The Balaban J connectivity index is 2.23. The summed E-state index contributed by atoms with van der Waals surface area (Å²) in [6.45, 7) is 5.10. The number of nitrogens with zero attached hydrogens (tertiary/aromatic N) is 2. The number of carbonyl (C=O) groups is 1. The molecule has 0 saturated carbocycles. The molecule has 0 aliphatic carbocycles. The van der Waals surface area contributed by atoms with E-state index in [1.807, 2.05) is 37.1 Å². The van der Waals surface area contributed by atoms with Crippen molar-refractivity contribution in [2.24, 2.45) is 5.73 Å². The second-order valence-corrected chi connectivity index (χ2v) is 5.37. The van der Waals surface area contributed by atoms with E-state index in [4.69, 9.17) is 22.7 Å². The summed E-state index contributed by atoms with van der Waals surface area (Å²) in [4.78, 5) is 12.6. The third-order valence-electron chi connectivity index (χ3n) is 3.11. The van der Waals surface area contributed by atoms with Crippen molar-refractivity contribution in [3.8, 4) is 0 Å². The molecule has 2 N–H and O–H groups in total. The van der Waals surface area contributed by atoms with Gasteiger partial charge in [-0.15, -0.1) is 0 Å². The van der Waals surface area contributed by atoms with Crippen molar-refractivity contribution >= 4 is 23.2 Å². The zero-order chi connectivity index (χ0) is 14.7. The summed E-state index contributed by atoms with van der Waals surface area (Å²) in [6, 6.07) is 8.99. The Labute approximate surface area is 124 Å². The van der Waals surface area contributed by atoms with E-state index in [-0.39, 0.29) is 23.2 Å². The first-order valence-corrected chi connectivity index (χ1v) is 6.99. The van der Waals surface area contributed by atoms with Crippen molar-refractivity contribution in [3.63, 3.8) is 0 Å². The minimum absolute atomic E-state index is 0.0270. The molecule has 2 atom stereocenters. The molecule has 1 heterocycles. The highest BCUT2D eigenvalue weighted by molar-refractivity contribution is 7.80. The summed E-state index contributed by atoms with van der Waals surface area (Å²) < 4.78 is 5.67. The number of rotatable bonds is 2. The molecule has 0 radical (unpaired) electrons. The van der Waals surface area contributed by atoms with Crippen molar-refractivity contribution in [1.82, 2.24) is 10.0 Å². The van der Waals surface area contributed by atoms with Gasteiger partial charge in [-0.25, -0.2) is 10.0 Å². The number of amides is 1. The normalized spacial score (nSPS) is 23.3. The van der Waals surface area contributed by atoms with Gasteiger partial charge in [0, 0.05) is 18.7 Å². The molecule has 108 valence electrons. The molecular weight excluding hydrogens is 274 g/mol. The molecule has 0 aromatic heterocycles. The smallest absolute Gasteiger partial charge is 0.274 e. The molecule has 5 nitrogen and oxygen atoms in total. The Morgan fingerprint density at radius 1 is 1.30 bits per heavy atom. The fourth-order valence-corrected chi connectivity index (χ4v) is 2.58. The van der Waals surface area contributed by atoms with Crippen molar-refractivity contribution < 1.29 is 9.53 Å². The van der Waals surface area contributed by atoms with E-state index in [0.717, 1.165) is 0 Å².